The first kappa shape index (κ1) is 22.7. The van der Waals surface area contributed by atoms with Crippen molar-refractivity contribution in [3.8, 4) is 0 Å². The molecule has 172 valence electrons. The Morgan fingerprint density at radius 1 is 1.09 bits per heavy atom. The SMILES string of the molecule is CC(=O)N1CCN(Cc2ccc3c(c2)c2ncnc(Cl)c2n3CC(F)(F)C(F)(F)F)CC1. The van der Waals surface area contributed by atoms with Crippen molar-refractivity contribution < 1.29 is 26.7 Å². The van der Waals surface area contributed by atoms with Crippen LogP contribution >= 0.6 is 11.6 Å². The molecular weight excluding hydrogens is 457 g/mol. The molecule has 1 aromatic carbocycles. The number of carbonyl (C=O) groups is 1. The number of piperazine rings is 1. The van der Waals surface area contributed by atoms with E-state index >= 15 is 0 Å². The Morgan fingerprint density at radius 2 is 1.78 bits per heavy atom. The van der Waals surface area contributed by atoms with Gasteiger partial charge in [0.2, 0.25) is 5.91 Å². The smallest absolute Gasteiger partial charge is 0.340 e. The Morgan fingerprint density at radius 3 is 2.41 bits per heavy atom. The van der Waals surface area contributed by atoms with Gasteiger partial charge < -0.3 is 9.47 Å². The summed E-state index contributed by atoms with van der Waals surface area (Å²) in [4.78, 5) is 23.2. The number of hydrogen-bond acceptors (Lipinski definition) is 4. The maximum absolute atomic E-state index is 13.9. The van der Waals surface area contributed by atoms with Gasteiger partial charge in [-0.3, -0.25) is 9.69 Å². The number of aromatic nitrogens is 3. The highest BCUT2D eigenvalue weighted by Crippen LogP contribution is 2.40. The molecule has 1 amide bonds. The summed E-state index contributed by atoms with van der Waals surface area (Å²) < 4.78 is 67.2. The molecule has 0 radical (unpaired) electrons. The summed E-state index contributed by atoms with van der Waals surface area (Å²) in [6, 6.07) is 4.91. The van der Waals surface area contributed by atoms with E-state index in [4.69, 9.17) is 11.6 Å². The minimum Gasteiger partial charge on any atom is -0.340 e. The summed E-state index contributed by atoms with van der Waals surface area (Å²) in [7, 11) is 0. The van der Waals surface area contributed by atoms with Gasteiger partial charge in [-0.25, -0.2) is 9.97 Å². The van der Waals surface area contributed by atoms with Crippen LogP contribution in [0, 0.1) is 0 Å². The van der Waals surface area contributed by atoms with Gasteiger partial charge in [0.15, 0.2) is 5.15 Å². The molecule has 0 N–H and O–H groups in total. The van der Waals surface area contributed by atoms with Crippen LogP contribution in [0.3, 0.4) is 0 Å². The molecule has 1 saturated heterocycles. The molecule has 1 aliphatic heterocycles. The number of amides is 1. The molecule has 0 bridgehead atoms. The molecule has 1 aliphatic rings. The first-order valence-electron chi connectivity index (χ1n) is 9.81. The molecule has 3 heterocycles. The second kappa shape index (κ2) is 8.11. The fraction of sp³-hybridized carbons (Fsp3) is 0.450. The lowest BCUT2D eigenvalue weighted by molar-refractivity contribution is -0.286. The number of alkyl halides is 5. The van der Waals surface area contributed by atoms with Crippen LogP contribution < -0.4 is 0 Å². The number of carbonyl (C=O) groups excluding carboxylic acids is 1. The topological polar surface area (TPSA) is 54.3 Å². The number of nitrogens with zero attached hydrogens (tertiary/aromatic N) is 5. The molecule has 12 heteroatoms. The Labute approximate surface area is 184 Å². The van der Waals surface area contributed by atoms with E-state index < -0.39 is 18.6 Å². The number of rotatable bonds is 4. The third-order valence-electron chi connectivity index (χ3n) is 5.65. The highest BCUT2D eigenvalue weighted by atomic mass is 35.5. The van der Waals surface area contributed by atoms with Gasteiger partial charge in [-0.05, 0) is 17.7 Å². The zero-order valence-electron chi connectivity index (χ0n) is 17.0. The third kappa shape index (κ3) is 4.11. The molecule has 0 atom stereocenters. The highest BCUT2D eigenvalue weighted by Gasteiger charge is 2.57. The predicted molar refractivity (Wildman–Crippen MR) is 109 cm³/mol. The predicted octanol–water partition coefficient (Wildman–Crippen LogP) is 4.10. The second-order valence-electron chi connectivity index (χ2n) is 7.78. The molecule has 2 aromatic heterocycles. The zero-order valence-corrected chi connectivity index (χ0v) is 17.7. The first-order chi connectivity index (χ1) is 15.0. The van der Waals surface area contributed by atoms with Crippen LogP contribution in [0.1, 0.15) is 12.5 Å². The van der Waals surface area contributed by atoms with Crippen LogP contribution in [-0.2, 0) is 17.9 Å². The van der Waals surface area contributed by atoms with E-state index in [1.54, 1.807) is 17.0 Å². The van der Waals surface area contributed by atoms with Gasteiger partial charge in [0, 0.05) is 45.0 Å². The Hall–Kier alpha value is -2.53. The maximum atomic E-state index is 13.9. The average Bonchev–Trinajstić information content (AvgIpc) is 3.01. The van der Waals surface area contributed by atoms with Crippen LogP contribution in [0.25, 0.3) is 21.9 Å². The van der Waals surface area contributed by atoms with E-state index in [-0.39, 0.29) is 27.6 Å². The quantitative estimate of drug-likeness (QED) is 0.421. The van der Waals surface area contributed by atoms with Gasteiger partial charge in [-0.1, -0.05) is 17.7 Å². The number of halogens is 6. The molecule has 32 heavy (non-hydrogen) atoms. The number of benzene rings is 1. The number of fused-ring (bicyclic) bond motifs is 3. The molecule has 0 saturated carbocycles. The van der Waals surface area contributed by atoms with Crippen molar-refractivity contribution in [2.45, 2.75) is 32.1 Å². The summed E-state index contributed by atoms with van der Waals surface area (Å²) >= 11 is 6.07. The van der Waals surface area contributed by atoms with E-state index in [1.807, 2.05) is 0 Å². The van der Waals surface area contributed by atoms with Gasteiger partial charge in [-0.2, -0.15) is 22.0 Å². The molecular formula is C20H19ClF5N5O. The van der Waals surface area contributed by atoms with E-state index in [2.05, 4.69) is 14.9 Å². The van der Waals surface area contributed by atoms with Crippen molar-refractivity contribution in [1.82, 2.24) is 24.3 Å². The minimum atomic E-state index is -5.71. The zero-order chi connectivity index (χ0) is 23.3. The Bertz CT molecular complexity index is 1170. The minimum absolute atomic E-state index is 0.0195. The van der Waals surface area contributed by atoms with Gasteiger partial charge in [-0.15, -0.1) is 0 Å². The molecule has 3 aromatic rings. The lowest BCUT2D eigenvalue weighted by Crippen LogP contribution is -2.47. The molecule has 6 nitrogen and oxygen atoms in total. The number of hydrogen-bond donors (Lipinski definition) is 0. The van der Waals surface area contributed by atoms with E-state index in [1.165, 1.54) is 13.0 Å². The van der Waals surface area contributed by atoms with Crippen LogP contribution in [0.4, 0.5) is 22.0 Å². The van der Waals surface area contributed by atoms with Crippen LogP contribution in [0.2, 0.25) is 5.15 Å². The highest BCUT2D eigenvalue weighted by molar-refractivity contribution is 6.34. The fourth-order valence-electron chi connectivity index (χ4n) is 3.95. The van der Waals surface area contributed by atoms with Crippen LogP contribution in [0.15, 0.2) is 24.5 Å². The van der Waals surface area contributed by atoms with Crippen molar-refractivity contribution in [3.05, 3.63) is 35.2 Å². The molecule has 0 spiro atoms. The van der Waals surface area contributed by atoms with Gasteiger partial charge in [0.1, 0.15) is 17.4 Å². The standard InChI is InChI=1S/C20H19ClF5N5O/c1-12(32)30-6-4-29(5-7-30)9-13-2-3-15-14(8-13)16-17(18(21)28-11-27-16)31(15)10-19(22,23)20(24,25)26/h2-3,8,11H,4-7,9-10H2,1H3. The monoisotopic (exact) mass is 475 g/mol. The van der Waals surface area contributed by atoms with Gasteiger partial charge in [0.25, 0.3) is 0 Å². The van der Waals surface area contributed by atoms with E-state index in [9.17, 15) is 26.7 Å². The van der Waals surface area contributed by atoms with Gasteiger partial charge >= 0.3 is 12.1 Å². The first-order valence-corrected chi connectivity index (χ1v) is 10.2. The summed E-state index contributed by atoms with van der Waals surface area (Å²) in [5.74, 6) is -4.94. The lowest BCUT2D eigenvalue weighted by Gasteiger charge is -2.34. The average molecular weight is 476 g/mol. The van der Waals surface area contributed by atoms with E-state index in [0.717, 1.165) is 16.5 Å². The van der Waals surface area contributed by atoms with Gasteiger partial charge in [0.05, 0.1) is 12.1 Å². The van der Waals surface area contributed by atoms with Crippen LogP contribution in [-0.4, -0.2) is 68.5 Å². The third-order valence-corrected chi connectivity index (χ3v) is 5.93. The lowest BCUT2D eigenvalue weighted by atomic mass is 10.1. The Kier molecular flexibility index (Phi) is 5.74. The normalized spacial score (nSPS) is 16.3. The summed E-state index contributed by atoms with van der Waals surface area (Å²) in [5.41, 5.74) is 1.14. The van der Waals surface area contributed by atoms with Crippen molar-refractivity contribution >= 4 is 39.4 Å². The molecule has 0 aliphatic carbocycles. The van der Waals surface area contributed by atoms with Crippen molar-refractivity contribution in [3.63, 3.8) is 0 Å². The Balaban J connectivity index is 1.71. The molecule has 0 unspecified atom stereocenters. The molecule has 4 rings (SSSR count). The fourth-order valence-corrected chi connectivity index (χ4v) is 4.19. The molecule has 1 fully saturated rings. The summed E-state index contributed by atoms with van der Waals surface area (Å²) in [5, 5.41) is 0.216. The van der Waals surface area contributed by atoms with Crippen molar-refractivity contribution in [2.24, 2.45) is 0 Å². The van der Waals surface area contributed by atoms with Crippen molar-refractivity contribution in [2.75, 3.05) is 26.2 Å². The summed E-state index contributed by atoms with van der Waals surface area (Å²) in [6.07, 6.45) is -4.57. The maximum Gasteiger partial charge on any atom is 0.455 e. The summed E-state index contributed by atoms with van der Waals surface area (Å²) in [6.45, 7) is 2.98. The van der Waals surface area contributed by atoms with Crippen molar-refractivity contribution in [1.29, 1.82) is 0 Å². The second-order valence-corrected chi connectivity index (χ2v) is 8.14. The van der Waals surface area contributed by atoms with Crippen LogP contribution in [0.5, 0.6) is 0 Å². The van der Waals surface area contributed by atoms with E-state index in [0.29, 0.717) is 38.1 Å². The largest absolute Gasteiger partial charge is 0.455 e.